The zero-order chi connectivity index (χ0) is 28.1. The Morgan fingerprint density at radius 1 is 0.825 bits per heavy atom. The van der Waals surface area contributed by atoms with Gasteiger partial charge in [0.05, 0.1) is 24.0 Å². The number of likely N-dealkylation sites (tertiary alicyclic amines) is 1. The van der Waals surface area contributed by atoms with Crippen LogP contribution in [0.4, 0.5) is 18.0 Å². The van der Waals surface area contributed by atoms with Crippen LogP contribution >= 0.6 is 11.8 Å². The molecular weight excluding hydrogens is 535 g/mol. The van der Waals surface area contributed by atoms with Crippen molar-refractivity contribution in [3.8, 4) is 0 Å². The van der Waals surface area contributed by atoms with Gasteiger partial charge in [0.25, 0.3) is 0 Å². The summed E-state index contributed by atoms with van der Waals surface area (Å²) >= 11 is 1.71. The monoisotopic (exact) mass is 563 g/mol. The van der Waals surface area contributed by atoms with Gasteiger partial charge in [-0.2, -0.15) is 0 Å². The van der Waals surface area contributed by atoms with Gasteiger partial charge in [-0.3, -0.25) is 0 Å². The highest BCUT2D eigenvalue weighted by molar-refractivity contribution is 8.01. The maximum atomic E-state index is 14.1. The Bertz CT molecular complexity index is 1340. The summed E-state index contributed by atoms with van der Waals surface area (Å²) in [6.07, 6.45) is -0.564. The van der Waals surface area contributed by atoms with Gasteiger partial charge >= 0.3 is 6.09 Å². The Morgan fingerprint density at radius 3 is 1.82 bits per heavy atom. The third-order valence-electron chi connectivity index (χ3n) is 7.16. The predicted octanol–water partition coefficient (Wildman–Crippen LogP) is 7.47. The van der Waals surface area contributed by atoms with Crippen LogP contribution in [-0.4, -0.2) is 40.5 Å². The minimum atomic E-state index is -1.27. The Kier molecular flexibility index (Phi) is 8.47. The van der Waals surface area contributed by atoms with Crippen molar-refractivity contribution in [1.82, 2.24) is 4.90 Å². The lowest BCUT2D eigenvalue weighted by Crippen LogP contribution is -2.37. The van der Waals surface area contributed by atoms with Gasteiger partial charge in [-0.1, -0.05) is 91.0 Å². The fourth-order valence-corrected chi connectivity index (χ4v) is 7.17. The van der Waals surface area contributed by atoms with Crippen LogP contribution in [0.5, 0.6) is 0 Å². The van der Waals surface area contributed by atoms with Gasteiger partial charge in [0.1, 0.15) is 5.82 Å². The maximum absolute atomic E-state index is 14.1. The maximum Gasteiger partial charge on any atom is 0.407 e. The summed E-state index contributed by atoms with van der Waals surface area (Å²) in [5.41, 5.74) is 3.11. The van der Waals surface area contributed by atoms with Crippen LogP contribution in [0.25, 0.3) is 0 Å². The molecule has 0 unspecified atom stereocenters. The van der Waals surface area contributed by atoms with Gasteiger partial charge in [0, 0.05) is 23.4 Å². The van der Waals surface area contributed by atoms with Crippen molar-refractivity contribution in [3.63, 3.8) is 0 Å². The molecule has 0 bridgehead atoms. The second-order valence-electron chi connectivity index (χ2n) is 9.72. The van der Waals surface area contributed by atoms with E-state index in [9.17, 15) is 23.1 Å². The lowest BCUT2D eigenvalue weighted by molar-refractivity contribution is 0.0629. The summed E-state index contributed by atoms with van der Waals surface area (Å²) in [4.78, 5) is 13.6. The van der Waals surface area contributed by atoms with Gasteiger partial charge in [-0.25, -0.2) is 18.0 Å². The third-order valence-corrected chi connectivity index (χ3v) is 8.90. The summed E-state index contributed by atoms with van der Waals surface area (Å²) < 4.78 is 46.0. The van der Waals surface area contributed by atoms with Crippen molar-refractivity contribution < 1.29 is 27.8 Å². The van der Waals surface area contributed by atoms with Crippen molar-refractivity contribution in [1.29, 1.82) is 0 Å². The highest BCUT2D eigenvalue weighted by Crippen LogP contribution is 2.52. The molecule has 1 amide bonds. The minimum Gasteiger partial charge on any atom is -0.465 e. The Morgan fingerprint density at radius 2 is 1.32 bits per heavy atom. The lowest BCUT2D eigenvalue weighted by atomic mass is 9.84. The SMILES string of the molecule is O=C(O)N1C[C@H](SC(c2ccccc2)(c2ccccc2)c2ccccc2)C[C@H]1COCc1cc(F)c(F)cc1F. The first kappa shape index (κ1) is 27.8. The molecule has 0 aromatic heterocycles. The number of nitrogens with zero attached hydrogens (tertiary/aromatic N) is 1. The van der Waals surface area contributed by atoms with Gasteiger partial charge in [0.15, 0.2) is 11.6 Å². The van der Waals surface area contributed by atoms with Crippen molar-refractivity contribution in [2.45, 2.75) is 29.1 Å². The van der Waals surface area contributed by atoms with Crippen molar-refractivity contribution in [2.24, 2.45) is 0 Å². The molecule has 1 saturated heterocycles. The van der Waals surface area contributed by atoms with Crippen LogP contribution in [0.2, 0.25) is 0 Å². The summed E-state index contributed by atoms with van der Waals surface area (Å²) in [5, 5.41) is 9.90. The van der Waals surface area contributed by atoms with E-state index in [1.54, 1.807) is 11.8 Å². The number of hydrogen-bond donors (Lipinski definition) is 1. The van der Waals surface area contributed by atoms with E-state index in [1.807, 2.05) is 54.6 Å². The average molecular weight is 564 g/mol. The van der Waals surface area contributed by atoms with Crippen LogP contribution < -0.4 is 0 Å². The molecule has 1 aliphatic rings. The first-order valence-corrected chi connectivity index (χ1v) is 13.8. The first-order chi connectivity index (χ1) is 19.4. The minimum absolute atomic E-state index is 0.00317. The number of carbonyl (C=O) groups is 1. The molecule has 4 nitrogen and oxygen atoms in total. The van der Waals surface area contributed by atoms with Gasteiger partial charge in [-0.05, 0) is 29.2 Å². The predicted molar refractivity (Wildman–Crippen MR) is 150 cm³/mol. The lowest BCUT2D eigenvalue weighted by Gasteiger charge is -2.37. The molecule has 0 saturated carbocycles. The standard InChI is InChI=1S/C32H28F3NO3S/c33-28-18-30(35)29(34)16-22(28)20-39-21-26-17-27(19-36(26)31(37)38)40-32(23-10-4-1-5-11-23,24-12-6-2-7-13-24)25-14-8-3-9-15-25/h1-16,18,26-27H,17,19-21H2,(H,37,38)/t26-,27+/m0/s1. The highest BCUT2D eigenvalue weighted by atomic mass is 32.2. The van der Waals surface area contributed by atoms with Crippen molar-refractivity contribution in [2.75, 3.05) is 13.2 Å². The molecule has 1 aliphatic heterocycles. The fraction of sp³-hybridized carbons (Fsp3) is 0.219. The molecule has 0 aliphatic carbocycles. The van der Waals surface area contributed by atoms with Crippen LogP contribution in [0, 0.1) is 17.5 Å². The molecule has 0 spiro atoms. The highest BCUT2D eigenvalue weighted by Gasteiger charge is 2.44. The van der Waals surface area contributed by atoms with Crippen LogP contribution in [0.1, 0.15) is 28.7 Å². The van der Waals surface area contributed by atoms with Crippen LogP contribution in [-0.2, 0) is 16.1 Å². The second-order valence-corrected chi connectivity index (χ2v) is 11.2. The second kappa shape index (κ2) is 12.2. The number of hydrogen-bond acceptors (Lipinski definition) is 3. The number of amides is 1. The fourth-order valence-electron chi connectivity index (χ4n) is 5.30. The number of rotatable bonds is 9. The number of carboxylic acid groups (broad SMARTS) is 1. The molecule has 1 fully saturated rings. The molecule has 40 heavy (non-hydrogen) atoms. The van der Waals surface area contributed by atoms with E-state index in [-0.39, 0.29) is 30.6 Å². The molecule has 4 aromatic carbocycles. The Balaban J connectivity index is 1.43. The average Bonchev–Trinajstić information content (AvgIpc) is 3.38. The normalized spacial score (nSPS) is 17.2. The summed E-state index contributed by atoms with van der Waals surface area (Å²) in [5.74, 6) is -3.34. The van der Waals surface area contributed by atoms with E-state index in [1.165, 1.54) is 4.90 Å². The molecule has 1 N–H and O–H groups in total. The van der Waals surface area contributed by atoms with E-state index in [2.05, 4.69) is 36.4 Å². The van der Waals surface area contributed by atoms with Crippen molar-refractivity contribution >= 4 is 17.9 Å². The third kappa shape index (κ3) is 5.74. The van der Waals surface area contributed by atoms with E-state index >= 15 is 0 Å². The Labute approximate surface area is 235 Å². The molecule has 5 rings (SSSR count). The summed E-state index contributed by atoms with van der Waals surface area (Å²) in [7, 11) is 0. The number of halogens is 3. The molecule has 1 heterocycles. The molecule has 206 valence electrons. The molecule has 8 heteroatoms. The van der Waals surface area contributed by atoms with Crippen molar-refractivity contribution in [3.05, 3.63) is 143 Å². The number of benzene rings is 4. The summed E-state index contributed by atoms with van der Waals surface area (Å²) in [6.45, 7) is -0.0224. The molecular formula is C32H28F3NO3S. The smallest absolute Gasteiger partial charge is 0.407 e. The topological polar surface area (TPSA) is 49.8 Å². The van der Waals surface area contributed by atoms with E-state index in [4.69, 9.17) is 4.74 Å². The summed E-state index contributed by atoms with van der Waals surface area (Å²) in [6, 6.07) is 31.2. The zero-order valence-electron chi connectivity index (χ0n) is 21.6. The van der Waals surface area contributed by atoms with Gasteiger partial charge < -0.3 is 14.7 Å². The van der Waals surface area contributed by atoms with Crippen LogP contribution in [0.15, 0.2) is 103 Å². The quantitative estimate of drug-likeness (QED) is 0.170. The zero-order valence-corrected chi connectivity index (χ0v) is 22.4. The van der Waals surface area contributed by atoms with E-state index < -0.39 is 34.3 Å². The van der Waals surface area contributed by atoms with Gasteiger partial charge in [-0.15, -0.1) is 11.8 Å². The molecule has 0 radical (unpaired) electrons. The van der Waals surface area contributed by atoms with Crippen LogP contribution in [0.3, 0.4) is 0 Å². The first-order valence-electron chi connectivity index (χ1n) is 12.9. The Hall–Kier alpha value is -3.75. The van der Waals surface area contributed by atoms with E-state index in [0.29, 0.717) is 12.5 Å². The van der Waals surface area contributed by atoms with Gasteiger partial charge in [0.2, 0.25) is 0 Å². The number of ether oxygens (including phenoxy) is 1. The number of thioether (sulfide) groups is 1. The molecule has 4 aromatic rings. The largest absolute Gasteiger partial charge is 0.465 e. The molecule has 2 atom stereocenters. The van der Waals surface area contributed by atoms with E-state index in [0.717, 1.165) is 22.8 Å².